The van der Waals surface area contributed by atoms with Gasteiger partial charge in [-0.25, -0.2) is 0 Å². The van der Waals surface area contributed by atoms with Crippen LogP contribution in [0.5, 0.6) is 5.75 Å². The molecule has 0 spiro atoms. The summed E-state index contributed by atoms with van der Waals surface area (Å²) in [7, 11) is 0. The lowest BCUT2D eigenvalue weighted by Crippen LogP contribution is -1.77. The number of phenols is 1. The minimum absolute atomic E-state index is 0.138. The van der Waals surface area contributed by atoms with E-state index in [0.29, 0.717) is 16.3 Å². The second-order valence-electron chi connectivity index (χ2n) is 2.26. The highest BCUT2D eigenvalue weighted by molar-refractivity contribution is 6.48. The Morgan fingerprint density at radius 3 is 2.67 bits per heavy atom. The van der Waals surface area contributed by atoms with Crippen LogP contribution in [-0.4, -0.2) is 11.8 Å². The number of rotatable bonds is 2. The monoisotopic (exact) mass is 181 g/mol. The van der Waals surface area contributed by atoms with Gasteiger partial charge in [0.25, 0.3) is 0 Å². The summed E-state index contributed by atoms with van der Waals surface area (Å²) in [6.45, 7) is 6.91. The molecule has 0 atom stereocenters. The maximum atomic E-state index is 9.12. The van der Waals surface area contributed by atoms with Crippen molar-refractivity contribution < 1.29 is 5.11 Å². The van der Waals surface area contributed by atoms with Crippen molar-refractivity contribution in [1.29, 1.82) is 0 Å². The van der Waals surface area contributed by atoms with Crippen molar-refractivity contribution in [3.8, 4) is 5.75 Å². The number of hydrogen-bond acceptors (Lipinski definition) is 2. The number of aromatic hydroxyl groups is 1. The maximum Gasteiger partial charge on any atom is 0.116 e. The van der Waals surface area contributed by atoms with Crippen LogP contribution in [0.1, 0.15) is 5.56 Å². The molecule has 0 aliphatic rings. The Labute approximate surface area is 75.8 Å². The molecule has 2 nitrogen and oxygen atoms in total. The number of aliphatic imine (C=N–C) groups is 1. The Morgan fingerprint density at radius 2 is 2.17 bits per heavy atom. The fraction of sp³-hybridized carbons (Fsp3) is 0. The van der Waals surface area contributed by atoms with Crippen LogP contribution in [0.2, 0.25) is 0 Å². The third-order valence-corrected chi connectivity index (χ3v) is 1.65. The van der Waals surface area contributed by atoms with Crippen LogP contribution < -0.4 is 0 Å². The quantitative estimate of drug-likeness (QED) is 0.700. The largest absolute Gasteiger partial charge is 0.508 e. The normalized spacial score (nSPS) is 9.42. The van der Waals surface area contributed by atoms with Crippen LogP contribution >= 0.6 is 11.6 Å². The van der Waals surface area contributed by atoms with Gasteiger partial charge in [-0.2, -0.15) is 0 Å². The second kappa shape index (κ2) is 3.41. The molecule has 0 saturated heterocycles. The van der Waals surface area contributed by atoms with Gasteiger partial charge in [0.2, 0.25) is 0 Å². The smallest absolute Gasteiger partial charge is 0.116 e. The molecule has 0 aliphatic carbocycles. The fourth-order valence-corrected chi connectivity index (χ4v) is 1.03. The Hall–Kier alpha value is -1.28. The molecule has 0 amide bonds. The average molecular weight is 182 g/mol. The third kappa shape index (κ3) is 1.66. The molecule has 1 aromatic rings. The standard InChI is InChI=1S/C9H8ClNO/c1-6(10)8-5-7(12)3-4-9(8)11-2/h3-5,12H,1-2H2. The van der Waals surface area contributed by atoms with E-state index in [4.69, 9.17) is 16.7 Å². The molecule has 0 saturated carbocycles. The average Bonchev–Trinajstić information content (AvgIpc) is 2.04. The second-order valence-corrected chi connectivity index (χ2v) is 2.72. The number of benzene rings is 1. The van der Waals surface area contributed by atoms with E-state index in [0.717, 1.165) is 0 Å². The van der Waals surface area contributed by atoms with Crippen LogP contribution in [0.4, 0.5) is 5.69 Å². The van der Waals surface area contributed by atoms with Crippen molar-refractivity contribution in [2.24, 2.45) is 4.99 Å². The molecule has 62 valence electrons. The van der Waals surface area contributed by atoms with Crippen LogP contribution in [0, 0.1) is 0 Å². The predicted octanol–water partition coefficient (Wildman–Crippen LogP) is 2.93. The third-order valence-electron chi connectivity index (χ3n) is 1.44. The van der Waals surface area contributed by atoms with Crippen LogP contribution in [0.15, 0.2) is 29.8 Å². The van der Waals surface area contributed by atoms with Crippen LogP contribution in [0.3, 0.4) is 0 Å². The van der Waals surface area contributed by atoms with Crippen molar-refractivity contribution >= 4 is 29.0 Å². The molecule has 12 heavy (non-hydrogen) atoms. The van der Waals surface area contributed by atoms with Crippen molar-refractivity contribution in [3.05, 3.63) is 30.3 Å². The minimum Gasteiger partial charge on any atom is -0.508 e. The molecule has 0 heterocycles. The van der Waals surface area contributed by atoms with E-state index in [2.05, 4.69) is 18.3 Å². The molecule has 0 radical (unpaired) electrons. The molecule has 1 N–H and O–H groups in total. The Balaban J connectivity index is 3.30. The van der Waals surface area contributed by atoms with E-state index in [1.54, 1.807) is 6.07 Å². The first kappa shape index (κ1) is 8.81. The summed E-state index contributed by atoms with van der Waals surface area (Å²) in [6, 6.07) is 4.65. The zero-order valence-corrected chi connectivity index (χ0v) is 7.17. The lowest BCUT2D eigenvalue weighted by Gasteiger charge is -2.02. The molecule has 0 aromatic heterocycles. The number of nitrogens with zero attached hydrogens (tertiary/aromatic N) is 1. The summed E-state index contributed by atoms with van der Waals surface area (Å²) in [5, 5.41) is 9.46. The van der Waals surface area contributed by atoms with E-state index in [9.17, 15) is 0 Å². The van der Waals surface area contributed by atoms with Crippen LogP contribution in [-0.2, 0) is 0 Å². The number of phenolic OH excluding ortho intramolecular Hbond substituents is 1. The highest BCUT2D eigenvalue weighted by Crippen LogP contribution is 2.30. The van der Waals surface area contributed by atoms with Gasteiger partial charge >= 0.3 is 0 Å². The topological polar surface area (TPSA) is 32.6 Å². The van der Waals surface area contributed by atoms with Gasteiger partial charge in [-0.3, -0.25) is 4.99 Å². The summed E-state index contributed by atoms with van der Waals surface area (Å²) in [4.78, 5) is 3.73. The summed E-state index contributed by atoms with van der Waals surface area (Å²) in [5.74, 6) is 0.138. The Morgan fingerprint density at radius 1 is 1.50 bits per heavy atom. The number of halogens is 1. The minimum atomic E-state index is 0.138. The van der Waals surface area contributed by atoms with E-state index in [-0.39, 0.29) is 5.75 Å². The lowest BCUT2D eigenvalue weighted by atomic mass is 10.1. The van der Waals surface area contributed by atoms with Crippen molar-refractivity contribution in [2.75, 3.05) is 0 Å². The first-order chi connectivity index (χ1) is 5.65. The van der Waals surface area contributed by atoms with E-state index in [1.165, 1.54) is 12.1 Å². The van der Waals surface area contributed by atoms with Crippen LogP contribution in [0.25, 0.3) is 5.03 Å². The van der Waals surface area contributed by atoms with Gasteiger partial charge in [0, 0.05) is 10.6 Å². The van der Waals surface area contributed by atoms with Gasteiger partial charge in [-0.15, -0.1) is 0 Å². The first-order valence-corrected chi connectivity index (χ1v) is 3.67. The first-order valence-electron chi connectivity index (χ1n) is 3.29. The Bertz CT molecular complexity index is 333. The van der Waals surface area contributed by atoms with E-state index in [1.807, 2.05) is 0 Å². The molecular formula is C9H8ClNO. The fourth-order valence-electron chi connectivity index (χ4n) is 0.879. The zero-order valence-electron chi connectivity index (χ0n) is 6.42. The highest BCUT2D eigenvalue weighted by Gasteiger charge is 2.03. The van der Waals surface area contributed by atoms with Crippen molar-refractivity contribution in [2.45, 2.75) is 0 Å². The van der Waals surface area contributed by atoms with E-state index >= 15 is 0 Å². The molecule has 0 bridgehead atoms. The maximum absolute atomic E-state index is 9.12. The van der Waals surface area contributed by atoms with E-state index < -0.39 is 0 Å². The van der Waals surface area contributed by atoms with Gasteiger partial charge < -0.3 is 5.11 Å². The predicted molar refractivity (Wildman–Crippen MR) is 52.2 cm³/mol. The zero-order chi connectivity index (χ0) is 9.14. The van der Waals surface area contributed by atoms with Crippen molar-refractivity contribution in [3.63, 3.8) is 0 Å². The van der Waals surface area contributed by atoms with Gasteiger partial charge in [0.1, 0.15) is 5.75 Å². The number of hydrogen-bond donors (Lipinski definition) is 1. The molecule has 1 rings (SSSR count). The molecule has 0 unspecified atom stereocenters. The molecule has 0 fully saturated rings. The molecule has 1 aromatic carbocycles. The SMILES string of the molecule is C=Nc1ccc(O)cc1C(=C)Cl. The summed E-state index contributed by atoms with van der Waals surface area (Å²) < 4.78 is 0. The highest BCUT2D eigenvalue weighted by atomic mass is 35.5. The van der Waals surface area contributed by atoms with Gasteiger partial charge in [0.15, 0.2) is 0 Å². The molecule has 3 heteroatoms. The van der Waals surface area contributed by atoms with Gasteiger partial charge in [0.05, 0.1) is 5.69 Å². The van der Waals surface area contributed by atoms with Crippen molar-refractivity contribution in [1.82, 2.24) is 0 Å². The van der Waals surface area contributed by atoms with Gasteiger partial charge in [-0.05, 0) is 24.9 Å². The van der Waals surface area contributed by atoms with Gasteiger partial charge in [-0.1, -0.05) is 18.2 Å². The Kier molecular flexibility index (Phi) is 2.51. The lowest BCUT2D eigenvalue weighted by molar-refractivity contribution is 0.475. The summed E-state index contributed by atoms with van der Waals surface area (Å²) in [5.41, 5.74) is 1.22. The molecule has 0 aliphatic heterocycles. The molecular weight excluding hydrogens is 174 g/mol. The summed E-state index contributed by atoms with van der Waals surface area (Å²) >= 11 is 5.67. The summed E-state index contributed by atoms with van der Waals surface area (Å²) in [6.07, 6.45) is 0.